The number of nitrogens with one attached hydrogen (secondary N) is 1. The molecule has 208 valence electrons. The number of carbonyl (C=O) groups is 1. The molecule has 6 nitrogen and oxygen atoms in total. The van der Waals surface area contributed by atoms with Crippen molar-refractivity contribution in [2.45, 2.75) is 13.2 Å². The van der Waals surface area contributed by atoms with E-state index in [-0.39, 0.29) is 12.2 Å². The van der Waals surface area contributed by atoms with E-state index in [9.17, 15) is 10.1 Å². The molecule has 0 aliphatic heterocycles. The molecule has 0 unspecified atom stereocenters. The Morgan fingerprint density at radius 3 is 2.32 bits per heavy atom. The van der Waals surface area contributed by atoms with Gasteiger partial charge in [-0.2, -0.15) is 5.26 Å². The first kappa shape index (κ1) is 30.3. The van der Waals surface area contributed by atoms with Crippen LogP contribution in [-0.4, -0.2) is 13.0 Å². The summed E-state index contributed by atoms with van der Waals surface area (Å²) in [6.07, 6.45) is 1.46. The molecule has 0 saturated heterocycles. The molecule has 0 atom stereocenters. The maximum absolute atomic E-state index is 12.9. The fourth-order valence-corrected chi connectivity index (χ4v) is 4.90. The van der Waals surface area contributed by atoms with Gasteiger partial charge in [-0.25, -0.2) is 0 Å². The van der Waals surface area contributed by atoms with Crippen LogP contribution >= 0.6 is 50.7 Å². The van der Waals surface area contributed by atoms with Crippen molar-refractivity contribution in [3.8, 4) is 23.3 Å². The zero-order valence-corrected chi connectivity index (χ0v) is 25.4. The standard InChI is InChI=1S/C31H22BrCl3N2O4/c1-39-29-14-19(13-26(32)30(29)41-18-21-6-7-23(33)15-28(21)35)12-22(16-36)31(38)37-24-8-10-25(11-9-24)40-17-20-4-2-3-5-27(20)34/h2-15H,17-18H2,1H3,(H,37,38)/b22-12+. The molecule has 4 aromatic rings. The van der Waals surface area contributed by atoms with E-state index in [2.05, 4.69) is 21.2 Å². The lowest BCUT2D eigenvalue weighted by atomic mass is 10.1. The van der Waals surface area contributed by atoms with Gasteiger partial charge in [0, 0.05) is 31.9 Å². The van der Waals surface area contributed by atoms with Crippen LogP contribution in [0.2, 0.25) is 15.1 Å². The Kier molecular flexibility index (Phi) is 10.6. The molecule has 0 fully saturated rings. The smallest absolute Gasteiger partial charge is 0.266 e. The highest BCUT2D eigenvalue weighted by Crippen LogP contribution is 2.38. The predicted molar refractivity (Wildman–Crippen MR) is 166 cm³/mol. The first-order valence-electron chi connectivity index (χ1n) is 12.1. The highest BCUT2D eigenvalue weighted by Gasteiger charge is 2.15. The first-order valence-corrected chi connectivity index (χ1v) is 14.0. The van der Waals surface area contributed by atoms with Crippen LogP contribution in [0, 0.1) is 11.3 Å². The van der Waals surface area contributed by atoms with Gasteiger partial charge in [0.25, 0.3) is 5.91 Å². The quantitative estimate of drug-likeness (QED) is 0.134. The molecule has 41 heavy (non-hydrogen) atoms. The minimum Gasteiger partial charge on any atom is -0.493 e. The van der Waals surface area contributed by atoms with Gasteiger partial charge in [-0.3, -0.25) is 4.79 Å². The predicted octanol–water partition coefficient (Wildman–Crippen LogP) is 9.12. The van der Waals surface area contributed by atoms with Gasteiger partial charge >= 0.3 is 0 Å². The van der Waals surface area contributed by atoms with E-state index in [1.807, 2.05) is 24.3 Å². The van der Waals surface area contributed by atoms with Crippen molar-refractivity contribution in [3.63, 3.8) is 0 Å². The maximum atomic E-state index is 12.9. The number of carbonyl (C=O) groups excluding carboxylic acids is 1. The van der Waals surface area contributed by atoms with Crippen LogP contribution in [0.3, 0.4) is 0 Å². The fourth-order valence-electron chi connectivity index (χ4n) is 3.68. The number of halogens is 4. The molecule has 1 N–H and O–H groups in total. The third kappa shape index (κ3) is 8.18. The number of nitriles is 1. The second kappa shape index (κ2) is 14.3. The normalized spacial score (nSPS) is 11.0. The third-order valence-corrected chi connectivity index (χ3v) is 7.32. The van der Waals surface area contributed by atoms with Gasteiger partial charge < -0.3 is 19.5 Å². The van der Waals surface area contributed by atoms with E-state index in [4.69, 9.17) is 49.0 Å². The molecule has 0 radical (unpaired) electrons. The molecule has 0 spiro atoms. The summed E-state index contributed by atoms with van der Waals surface area (Å²) in [6.45, 7) is 0.486. The highest BCUT2D eigenvalue weighted by molar-refractivity contribution is 9.10. The summed E-state index contributed by atoms with van der Waals surface area (Å²) in [4.78, 5) is 12.9. The van der Waals surface area contributed by atoms with Gasteiger partial charge in [0.05, 0.1) is 11.6 Å². The number of amides is 1. The van der Waals surface area contributed by atoms with Gasteiger partial charge in [-0.15, -0.1) is 0 Å². The number of rotatable bonds is 10. The number of nitrogens with zero attached hydrogens (tertiary/aromatic N) is 1. The molecular weight excluding hydrogens is 651 g/mol. The average Bonchev–Trinajstić information content (AvgIpc) is 2.96. The van der Waals surface area contributed by atoms with E-state index in [0.717, 1.165) is 11.1 Å². The topological polar surface area (TPSA) is 80.6 Å². The molecule has 0 bridgehead atoms. The number of methoxy groups -OCH3 is 1. The van der Waals surface area contributed by atoms with Crippen LogP contribution in [0.15, 0.2) is 88.9 Å². The molecular formula is C31H22BrCl3N2O4. The number of ether oxygens (including phenoxy) is 3. The molecule has 0 aromatic heterocycles. The van der Waals surface area contributed by atoms with Crippen LogP contribution in [0.25, 0.3) is 6.08 Å². The number of hydrogen-bond donors (Lipinski definition) is 1. The van der Waals surface area contributed by atoms with Crippen molar-refractivity contribution < 1.29 is 19.0 Å². The van der Waals surface area contributed by atoms with E-state index >= 15 is 0 Å². The minimum atomic E-state index is -0.565. The second-order valence-electron chi connectivity index (χ2n) is 8.59. The highest BCUT2D eigenvalue weighted by atomic mass is 79.9. The number of hydrogen-bond acceptors (Lipinski definition) is 5. The molecule has 10 heteroatoms. The van der Waals surface area contributed by atoms with Gasteiger partial charge in [-0.05, 0) is 82.2 Å². The average molecular weight is 673 g/mol. The molecule has 4 rings (SSSR count). The third-order valence-electron chi connectivity index (χ3n) is 5.78. The van der Waals surface area contributed by atoms with E-state index < -0.39 is 5.91 Å². The molecule has 4 aromatic carbocycles. The Bertz CT molecular complexity index is 1640. The fraction of sp³-hybridized carbons (Fsp3) is 0.0968. The van der Waals surface area contributed by atoms with Crippen molar-refractivity contribution in [3.05, 3.63) is 121 Å². The summed E-state index contributed by atoms with van der Waals surface area (Å²) >= 11 is 21.9. The molecule has 0 heterocycles. The monoisotopic (exact) mass is 670 g/mol. The zero-order chi connectivity index (χ0) is 29.4. The van der Waals surface area contributed by atoms with Crippen molar-refractivity contribution in [2.24, 2.45) is 0 Å². The van der Waals surface area contributed by atoms with Crippen LogP contribution in [0.5, 0.6) is 17.2 Å². The molecule has 0 aliphatic carbocycles. The summed E-state index contributed by atoms with van der Waals surface area (Å²) < 4.78 is 17.8. The Labute approximate surface area is 261 Å². The lowest BCUT2D eigenvalue weighted by Gasteiger charge is -2.14. The Morgan fingerprint density at radius 2 is 1.63 bits per heavy atom. The summed E-state index contributed by atoms with van der Waals surface area (Å²) in [5.74, 6) is 0.887. The molecule has 0 aliphatic rings. The zero-order valence-electron chi connectivity index (χ0n) is 21.6. The first-order chi connectivity index (χ1) is 19.8. The summed E-state index contributed by atoms with van der Waals surface area (Å²) in [5.41, 5.74) is 2.58. The van der Waals surface area contributed by atoms with Crippen LogP contribution in [-0.2, 0) is 18.0 Å². The lowest BCUT2D eigenvalue weighted by molar-refractivity contribution is -0.112. The summed E-state index contributed by atoms with van der Waals surface area (Å²) in [5, 5.41) is 14.1. The SMILES string of the molecule is COc1cc(/C=C(\C#N)C(=O)Nc2ccc(OCc3ccccc3Cl)cc2)cc(Br)c1OCc1ccc(Cl)cc1Cl. The van der Waals surface area contributed by atoms with E-state index in [0.29, 0.717) is 54.6 Å². The number of benzene rings is 4. The lowest BCUT2D eigenvalue weighted by Crippen LogP contribution is -2.13. The van der Waals surface area contributed by atoms with E-state index in [1.165, 1.54) is 13.2 Å². The van der Waals surface area contributed by atoms with Gasteiger partial charge in [-0.1, -0.05) is 59.1 Å². The van der Waals surface area contributed by atoms with Crippen LogP contribution in [0.1, 0.15) is 16.7 Å². The largest absolute Gasteiger partial charge is 0.493 e. The minimum absolute atomic E-state index is 0.0976. The Balaban J connectivity index is 1.43. The molecule has 0 saturated carbocycles. The van der Waals surface area contributed by atoms with Crippen molar-refractivity contribution in [2.75, 3.05) is 12.4 Å². The van der Waals surface area contributed by atoms with Gasteiger partial charge in [0.1, 0.15) is 30.6 Å². The molecule has 1 amide bonds. The van der Waals surface area contributed by atoms with E-state index in [1.54, 1.807) is 60.7 Å². The summed E-state index contributed by atoms with van der Waals surface area (Å²) in [6, 6.07) is 24.7. The van der Waals surface area contributed by atoms with Crippen molar-refractivity contribution >= 4 is 68.4 Å². The van der Waals surface area contributed by atoms with Gasteiger partial charge in [0.2, 0.25) is 0 Å². The Morgan fingerprint density at radius 1 is 0.927 bits per heavy atom. The Hall–Kier alpha value is -3.67. The van der Waals surface area contributed by atoms with Crippen LogP contribution in [0.4, 0.5) is 5.69 Å². The van der Waals surface area contributed by atoms with Crippen molar-refractivity contribution in [1.29, 1.82) is 5.26 Å². The summed E-state index contributed by atoms with van der Waals surface area (Å²) in [7, 11) is 1.50. The maximum Gasteiger partial charge on any atom is 0.266 e. The van der Waals surface area contributed by atoms with Gasteiger partial charge in [0.15, 0.2) is 11.5 Å². The van der Waals surface area contributed by atoms with Crippen LogP contribution < -0.4 is 19.5 Å². The second-order valence-corrected chi connectivity index (χ2v) is 10.7. The van der Waals surface area contributed by atoms with Crippen molar-refractivity contribution in [1.82, 2.24) is 0 Å². The number of anilines is 1.